The molecule has 3 heterocycles. The molecule has 24 heavy (non-hydrogen) atoms. The molecule has 0 spiro atoms. The molecule has 3 atom stereocenters. The summed E-state index contributed by atoms with van der Waals surface area (Å²) in [6.07, 6.45) is 13.4. The van der Waals surface area contributed by atoms with Gasteiger partial charge in [0, 0.05) is 62.8 Å². The third kappa shape index (κ3) is 3.11. The van der Waals surface area contributed by atoms with Crippen LogP contribution in [0.15, 0.2) is 37.3 Å². The van der Waals surface area contributed by atoms with Gasteiger partial charge in [-0.3, -0.25) is 9.78 Å². The van der Waals surface area contributed by atoms with Crippen LogP contribution in [0.2, 0.25) is 0 Å². The van der Waals surface area contributed by atoms with Crippen LogP contribution in [0.4, 0.5) is 5.82 Å². The number of nitrogens with one attached hydrogen (secondary N) is 1. The Morgan fingerprint density at radius 3 is 2.96 bits per heavy atom. The highest BCUT2D eigenvalue weighted by molar-refractivity contribution is 5.76. The quantitative estimate of drug-likeness (QED) is 0.899. The largest absolute Gasteiger partial charge is 0.366 e. The normalized spacial score (nSPS) is 25.7. The minimum absolute atomic E-state index is 0.247. The van der Waals surface area contributed by atoms with E-state index in [1.165, 1.54) is 6.42 Å². The van der Waals surface area contributed by atoms with E-state index in [4.69, 9.17) is 0 Å². The van der Waals surface area contributed by atoms with Gasteiger partial charge in [0.1, 0.15) is 5.82 Å². The van der Waals surface area contributed by atoms with Gasteiger partial charge in [0.15, 0.2) is 0 Å². The number of nitrogens with zero attached hydrogens (tertiary/aromatic N) is 5. The summed E-state index contributed by atoms with van der Waals surface area (Å²) in [6, 6.07) is 0.387. The van der Waals surface area contributed by atoms with Crippen molar-refractivity contribution in [1.82, 2.24) is 24.4 Å². The van der Waals surface area contributed by atoms with Gasteiger partial charge in [-0.15, -0.1) is 0 Å². The molecule has 2 aromatic heterocycles. The Bertz CT molecular complexity index is 674. The Morgan fingerprint density at radius 2 is 2.17 bits per heavy atom. The molecule has 0 aromatic carbocycles. The van der Waals surface area contributed by atoms with E-state index < -0.39 is 0 Å². The molecule has 1 amide bonds. The van der Waals surface area contributed by atoms with E-state index in [9.17, 15) is 4.79 Å². The van der Waals surface area contributed by atoms with Crippen molar-refractivity contribution < 1.29 is 4.79 Å². The van der Waals surface area contributed by atoms with Gasteiger partial charge in [-0.05, 0) is 18.8 Å². The summed E-state index contributed by atoms with van der Waals surface area (Å²) in [5.41, 5.74) is 0. The Morgan fingerprint density at radius 1 is 1.21 bits per heavy atom. The van der Waals surface area contributed by atoms with Crippen molar-refractivity contribution in [3.05, 3.63) is 37.3 Å². The Kier molecular flexibility index (Phi) is 4.15. The predicted molar refractivity (Wildman–Crippen MR) is 89.1 cm³/mol. The SMILES string of the molecule is O=C(CCn1ccnc1)N1C[C@H]2CC[C@@H](Nc3cnccn3)[C@H]2C1. The standard InChI is InChI=1S/C17H22N6O/c24-17(3-7-22-8-6-19-12-22)23-10-13-1-2-15(14(13)11-23)21-16-9-18-4-5-20-16/h4-6,8-9,12-15H,1-3,7,10-11H2,(H,20,21)/t13-,14+,15-/m1/s1. The Hall–Kier alpha value is -2.44. The van der Waals surface area contributed by atoms with Crippen molar-refractivity contribution in [2.24, 2.45) is 11.8 Å². The van der Waals surface area contributed by atoms with E-state index in [1.54, 1.807) is 31.1 Å². The van der Waals surface area contributed by atoms with Crippen LogP contribution in [0.5, 0.6) is 0 Å². The van der Waals surface area contributed by atoms with Crippen LogP contribution in [-0.4, -0.2) is 49.5 Å². The number of carbonyl (C=O) groups is 1. The van der Waals surface area contributed by atoms with Gasteiger partial charge in [0.2, 0.25) is 5.91 Å². The number of fused-ring (bicyclic) bond motifs is 1. The van der Waals surface area contributed by atoms with Gasteiger partial charge in [-0.1, -0.05) is 0 Å². The van der Waals surface area contributed by atoms with Gasteiger partial charge in [-0.25, -0.2) is 9.97 Å². The van der Waals surface area contributed by atoms with Crippen LogP contribution in [0, 0.1) is 11.8 Å². The predicted octanol–water partition coefficient (Wildman–Crippen LogP) is 1.41. The van der Waals surface area contributed by atoms with E-state index in [-0.39, 0.29) is 5.91 Å². The lowest BCUT2D eigenvalue weighted by Crippen LogP contribution is -2.33. The molecule has 1 N–H and O–H groups in total. The molecule has 7 nitrogen and oxygen atoms in total. The first-order chi connectivity index (χ1) is 11.8. The lowest BCUT2D eigenvalue weighted by molar-refractivity contribution is -0.130. The van der Waals surface area contributed by atoms with Crippen molar-refractivity contribution >= 4 is 11.7 Å². The number of anilines is 1. The smallest absolute Gasteiger partial charge is 0.224 e. The monoisotopic (exact) mass is 326 g/mol. The fourth-order valence-electron chi connectivity index (χ4n) is 4.01. The zero-order chi connectivity index (χ0) is 16.4. The highest BCUT2D eigenvalue weighted by atomic mass is 16.2. The molecule has 1 saturated carbocycles. The van der Waals surface area contributed by atoms with Crippen LogP contribution in [0.3, 0.4) is 0 Å². The second-order valence-electron chi connectivity index (χ2n) is 6.69. The van der Waals surface area contributed by atoms with E-state index in [1.807, 2.05) is 15.7 Å². The third-order valence-corrected chi connectivity index (χ3v) is 5.25. The van der Waals surface area contributed by atoms with Gasteiger partial charge in [0.25, 0.3) is 0 Å². The molecule has 1 aliphatic heterocycles. The zero-order valence-corrected chi connectivity index (χ0v) is 13.6. The number of aromatic nitrogens is 4. The van der Waals surface area contributed by atoms with Gasteiger partial charge < -0.3 is 14.8 Å². The summed E-state index contributed by atoms with van der Waals surface area (Å²) >= 11 is 0. The molecular weight excluding hydrogens is 304 g/mol. The maximum absolute atomic E-state index is 12.5. The second kappa shape index (κ2) is 6.59. The number of amides is 1. The van der Waals surface area contributed by atoms with Crippen LogP contribution < -0.4 is 5.32 Å². The van der Waals surface area contributed by atoms with Crippen molar-refractivity contribution in [2.75, 3.05) is 18.4 Å². The van der Waals surface area contributed by atoms with Crippen LogP contribution >= 0.6 is 0 Å². The van der Waals surface area contributed by atoms with Crippen LogP contribution in [0.1, 0.15) is 19.3 Å². The van der Waals surface area contributed by atoms with Crippen LogP contribution in [-0.2, 0) is 11.3 Å². The topological polar surface area (TPSA) is 75.9 Å². The molecule has 4 rings (SSSR count). The van der Waals surface area contributed by atoms with Crippen molar-refractivity contribution in [3.63, 3.8) is 0 Å². The second-order valence-corrected chi connectivity index (χ2v) is 6.69. The molecule has 126 valence electrons. The summed E-state index contributed by atoms with van der Waals surface area (Å²) < 4.78 is 1.95. The number of hydrogen-bond donors (Lipinski definition) is 1. The third-order valence-electron chi connectivity index (χ3n) is 5.25. The summed E-state index contributed by atoms with van der Waals surface area (Å²) in [6.45, 7) is 2.45. The molecule has 1 saturated heterocycles. The first kappa shape index (κ1) is 15.1. The molecule has 2 fully saturated rings. The lowest BCUT2D eigenvalue weighted by Gasteiger charge is -2.22. The molecular formula is C17H22N6O. The highest BCUT2D eigenvalue weighted by Gasteiger charge is 2.43. The molecule has 0 bridgehead atoms. The van der Waals surface area contributed by atoms with E-state index in [2.05, 4.69) is 20.3 Å². The average Bonchev–Trinajstić information content (AvgIpc) is 3.32. The fourth-order valence-corrected chi connectivity index (χ4v) is 4.01. The minimum Gasteiger partial charge on any atom is -0.366 e. The maximum Gasteiger partial charge on any atom is 0.224 e. The Labute approximate surface area is 141 Å². The summed E-state index contributed by atoms with van der Waals surface area (Å²) in [4.78, 5) is 27.0. The zero-order valence-electron chi connectivity index (χ0n) is 13.6. The number of aryl methyl sites for hydroxylation is 1. The molecule has 2 aromatic rings. The first-order valence-corrected chi connectivity index (χ1v) is 8.55. The number of carbonyl (C=O) groups excluding carboxylic acids is 1. The molecule has 7 heteroatoms. The average molecular weight is 326 g/mol. The van der Waals surface area contributed by atoms with E-state index >= 15 is 0 Å². The van der Waals surface area contributed by atoms with Gasteiger partial charge >= 0.3 is 0 Å². The van der Waals surface area contributed by atoms with E-state index in [0.717, 1.165) is 25.3 Å². The summed E-state index contributed by atoms with van der Waals surface area (Å²) in [5, 5.41) is 3.50. The number of imidazole rings is 1. The number of rotatable bonds is 5. The molecule has 2 aliphatic rings. The van der Waals surface area contributed by atoms with Crippen molar-refractivity contribution in [2.45, 2.75) is 31.8 Å². The molecule has 0 unspecified atom stereocenters. The van der Waals surface area contributed by atoms with Crippen LogP contribution in [0.25, 0.3) is 0 Å². The molecule has 1 aliphatic carbocycles. The number of hydrogen-bond acceptors (Lipinski definition) is 5. The highest BCUT2D eigenvalue weighted by Crippen LogP contribution is 2.39. The van der Waals surface area contributed by atoms with Gasteiger partial charge in [0.05, 0.1) is 12.5 Å². The first-order valence-electron chi connectivity index (χ1n) is 8.55. The van der Waals surface area contributed by atoms with Gasteiger partial charge in [-0.2, -0.15) is 0 Å². The Balaban J connectivity index is 1.32. The fraction of sp³-hybridized carbons (Fsp3) is 0.529. The number of likely N-dealkylation sites (tertiary alicyclic amines) is 1. The van der Waals surface area contributed by atoms with Crippen molar-refractivity contribution in [1.29, 1.82) is 0 Å². The van der Waals surface area contributed by atoms with Crippen molar-refractivity contribution in [3.8, 4) is 0 Å². The van der Waals surface area contributed by atoms with E-state index in [0.29, 0.717) is 30.8 Å². The summed E-state index contributed by atoms with van der Waals surface area (Å²) in [7, 11) is 0. The minimum atomic E-state index is 0.247. The molecule has 0 radical (unpaired) electrons. The maximum atomic E-state index is 12.5. The lowest BCUT2D eigenvalue weighted by atomic mass is 9.98. The summed E-state index contributed by atoms with van der Waals surface area (Å²) in [5.74, 6) is 2.20.